The highest BCUT2D eigenvalue weighted by Gasteiger charge is 2.19. The Hall–Kier alpha value is -1.98. The minimum Gasteiger partial charge on any atom is -0.496 e. The molecule has 1 N–H and O–H groups in total. The molecule has 2 aromatic carbocycles. The molecule has 0 radical (unpaired) electrons. The second-order valence-electron chi connectivity index (χ2n) is 5.66. The zero-order chi connectivity index (χ0) is 17.5. The van der Waals surface area contributed by atoms with Crippen molar-refractivity contribution < 1.29 is 9.53 Å². The van der Waals surface area contributed by atoms with Gasteiger partial charge in [0.1, 0.15) is 5.75 Å². The number of ether oxygens (including phenoxy) is 1. The van der Waals surface area contributed by atoms with Crippen molar-refractivity contribution in [1.82, 2.24) is 10.2 Å². The van der Waals surface area contributed by atoms with E-state index in [9.17, 15) is 4.79 Å². The van der Waals surface area contributed by atoms with Crippen LogP contribution in [0.3, 0.4) is 0 Å². The number of carbonyl (C=O) groups excluding carboxylic acids is 1. The maximum Gasteiger partial charge on any atom is 0.251 e. The molecule has 0 spiro atoms. The summed E-state index contributed by atoms with van der Waals surface area (Å²) in [6, 6.07) is 15.6. The molecule has 4 nitrogen and oxygen atoms in total. The van der Waals surface area contributed by atoms with Gasteiger partial charge in [-0.2, -0.15) is 0 Å². The lowest BCUT2D eigenvalue weighted by Gasteiger charge is -2.26. The van der Waals surface area contributed by atoms with Crippen molar-refractivity contribution in [2.45, 2.75) is 10.9 Å². The summed E-state index contributed by atoms with van der Waals surface area (Å²) in [4.78, 5) is 15.6. The van der Waals surface area contributed by atoms with E-state index < -0.39 is 0 Å². The number of amides is 1. The molecule has 1 atom stereocenters. The van der Waals surface area contributed by atoms with Crippen LogP contribution < -0.4 is 10.1 Å². The average molecular weight is 344 g/mol. The molecule has 1 amide bonds. The number of methoxy groups -OCH3 is 1. The minimum atomic E-state index is -0.0654. The molecule has 1 unspecified atom stereocenters. The molecule has 0 aromatic heterocycles. The Kier molecular flexibility index (Phi) is 6.70. The van der Waals surface area contributed by atoms with Gasteiger partial charge in [-0.25, -0.2) is 0 Å². The summed E-state index contributed by atoms with van der Waals surface area (Å²) in [5.41, 5.74) is 1.73. The van der Waals surface area contributed by atoms with Crippen molar-refractivity contribution in [1.29, 1.82) is 0 Å². The van der Waals surface area contributed by atoms with Crippen LogP contribution in [0.15, 0.2) is 53.4 Å². The highest BCUT2D eigenvalue weighted by atomic mass is 32.2. The van der Waals surface area contributed by atoms with Gasteiger partial charge in [0.2, 0.25) is 0 Å². The molecular weight excluding hydrogens is 320 g/mol. The lowest BCUT2D eigenvalue weighted by molar-refractivity contribution is 0.0941. The molecule has 0 saturated heterocycles. The van der Waals surface area contributed by atoms with Crippen LogP contribution in [0.1, 0.15) is 22.0 Å². The zero-order valence-corrected chi connectivity index (χ0v) is 15.4. The Bertz CT molecular complexity index is 671. The van der Waals surface area contributed by atoms with Crippen molar-refractivity contribution in [3.8, 4) is 5.75 Å². The highest BCUT2D eigenvalue weighted by Crippen LogP contribution is 2.27. The topological polar surface area (TPSA) is 41.6 Å². The standard InChI is InChI=1S/C19H24N2O2S/c1-21(2)17(16-7-5-6-8-18(16)23-3)13-20-19(22)14-9-11-15(24-4)12-10-14/h5-12,17H,13H2,1-4H3,(H,20,22). The summed E-state index contributed by atoms with van der Waals surface area (Å²) in [6.45, 7) is 0.510. The quantitative estimate of drug-likeness (QED) is 0.781. The van der Waals surface area contributed by atoms with Crippen molar-refractivity contribution in [3.63, 3.8) is 0 Å². The second-order valence-corrected chi connectivity index (χ2v) is 6.54. The van der Waals surface area contributed by atoms with Gasteiger partial charge in [-0.15, -0.1) is 11.8 Å². The summed E-state index contributed by atoms with van der Waals surface area (Å²) in [7, 11) is 5.66. The van der Waals surface area contributed by atoms with E-state index in [-0.39, 0.29) is 11.9 Å². The van der Waals surface area contributed by atoms with Gasteiger partial charge in [0, 0.05) is 22.6 Å². The van der Waals surface area contributed by atoms with Crippen LogP contribution in [0.5, 0.6) is 5.75 Å². The molecule has 0 saturated carbocycles. The smallest absolute Gasteiger partial charge is 0.251 e. The van der Waals surface area contributed by atoms with Gasteiger partial charge in [-0.05, 0) is 50.7 Å². The van der Waals surface area contributed by atoms with Gasteiger partial charge in [0.05, 0.1) is 13.2 Å². The molecule has 0 aliphatic carbocycles. The summed E-state index contributed by atoms with van der Waals surface area (Å²) in [5.74, 6) is 0.763. The fourth-order valence-electron chi connectivity index (χ4n) is 2.55. The zero-order valence-electron chi connectivity index (χ0n) is 14.6. The molecule has 2 rings (SSSR count). The number of hydrogen-bond donors (Lipinski definition) is 1. The normalized spacial score (nSPS) is 12.0. The lowest BCUT2D eigenvalue weighted by Crippen LogP contribution is -2.34. The minimum absolute atomic E-state index is 0.0376. The van der Waals surface area contributed by atoms with Crippen molar-refractivity contribution >= 4 is 17.7 Å². The van der Waals surface area contributed by atoms with Crippen molar-refractivity contribution in [2.75, 3.05) is 34.0 Å². The summed E-state index contributed by atoms with van der Waals surface area (Å²) in [5, 5.41) is 3.02. The predicted octanol–water partition coefficient (Wildman–Crippen LogP) is 3.45. The van der Waals surface area contributed by atoms with Crippen molar-refractivity contribution in [2.24, 2.45) is 0 Å². The fraction of sp³-hybridized carbons (Fsp3) is 0.316. The first kappa shape index (κ1) is 18.4. The third kappa shape index (κ3) is 4.52. The summed E-state index contributed by atoms with van der Waals surface area (Å²) in [6.07, 6.45) is 2.02. The van der Waals surface area contributed by atoms with E-state index in [4.69, 9.17) is 4.74 Å². The molecule has 0 bridgehead atoms. The largest absolute Gasteiger partial charge is 0.496 e. The number of carbonyl (C=O) groups is 1. The number of hydrogen-bond acceptors (Lipinski definition) is 4. The molecular formula is C19H24N2O2S. The average Bonchev–Trinajstić information content (AvgIpc) is 2.62. The van der Waals surface area contributed by atoms with E-state index in [0.29, 0.717) is 12.1 Å². The van der Waals surface area contributed by atoms with E-state index in [1.165, 1.54) is 0 Å². The Balaban J connectivity index is 2.09. The number of nitrogens with one attached hydrogen (secondary N) is 1. The van der Waals surface area contributed by atoms with Gasteiger partial charge in [0.15, 0.2) is 0 Å². The van der Waals surface area contributed by atoms with Gasteiger partial charge >= 0.3 is 0 Å². The molecule has 0 fully saturated rings. The van der Waals surface area contributed by atoms with Crippen LogP contribution >= 0.6 is 11.8 Å². The van der Waals surface area contributed by atoms with Crippen LogP contribution in [0.4, 0.5) is 0 Å². The predicted molar refractivity (Wildman–Crippen MR) is 100.0 cm³/mol. The van der Waals surface area contributed by atoms with E-state index in [1.54, 1.807) is 18.9 Å². The van der Waals surface area contributed by atoms with E-state index in [1.807, 2.05) is 68.9 Å². The van der Waals surface area contributed by atoms with Crippen molar-refractivity contribution in [3.05, 3.63) is 59.7 Å². The third-order valence-corrected chi connectivity index (χ3v) is 4.67. The fourth-order valence-corrected chi connectivity index (χ4v) is 2.95. The van der Waals surface area contributed by atoms with E-state index >= 15 is 0 Å². The molecule has 5 heteroatoms. The SMILES string of the molecule is COc1ccccc1C(CNC(=O)c1ccc(SC)cc1)N(C)C. The number of para-hydroxylation sites is 1. The molecule has 128 valence electrons. The molecule has 0 aliphatic heterocycles. The first-order valence-electron chi connectivity index (χ1n) is 7.78. The third-order valence-electron chi connectivity index (χ3n) is 3.93. The maximum absolute atomic E-state index is 12.4. The lowest BCUT2D eigenvalue weighted by atomic mass is 10.0. The monoisotopic (exact) mass is 344 g/mol. The van der Waals surface area contributed by atoms with Gasteiger partial charge in [0.25, 0.3) is 5.91 Å². The number of benzene rings is 2. The first-order chi connectivity index (χ1) is 11.6. The van der Waals surface area contributed by atoms with Crippen LogP contribution in [-0.4, -0.2) is 44.8 Å². The van der Waals surface area contributed by atoms with Crippen LogP contribution in [0.25, 0.3) is 0 Å². The van der Waals surface area contributed by atoms with Crippen LogP contribution in [0.2, 0.25) is 0 Å². The van der Waals surface area contributed by atoms with Gasteiger partial charge < -0.3 is 15.0 Å². The summed E-state index contributed by atoms with van der Waals surface area (Å²) < 4.78 is 5.45. The van der Waals surface area contributed by atoms with E-state index in [2.05, 4.69) is 10.2 Å². The van der Waals surface area contributed by atoms with Gasteiger partial charge in [-0.1, -0.05) is 18.2 Å². The highest BCUT2D eigenvalue weighted by molar-refractivity contribution is 7.98. The second kappa shape index (κ2) is 8.76. The maximum atomic E-state index is 12.4. The number of nitrogens with zero attached hydrogens (tertiary/aromatic N) is 1. The molecule has 0 aliphatic rings. The number of thioether (sulfide) groups is 1. The number of likely N-dealkylation sites (N-methyl/N-ethyl adjacent to an activating group) is 1. The first-order valence-corrected chi connectivity index (χ1v) is 9.01. The Morgan fingerprint density at radius 3 is 2.42 bits per heavy atom. The van der Waals surface area contributed by atoms with Crippen LogP contribution in [0, 0.1) is 0 Å². The number of rotatable bonds is 7. The Morgan fingerprint density at radius 1 is 1.17 bits per heavy atom. The molecule has 2 aromatic rings. The Labute approximate surface area is 148 Å². The van der Waals surface area contributed by atoms with Gasteiger partial charge in [-0.3, -0.25) is 4.79 Å². The molecule has 24 heavy (non-hydrogen) atoms. The van der Waals surface area contributed by atoms with Crippen LogP contribution in [-0.2, 0) is 0 Å². The Morgan fingerprint density at radius 2 is 1.83 bits per heavy atom. The summed E-state index contributed by atoms with van der Waals surface area (Å²) >= 11 is 1.66. The van der Waals surface area contributed by atoms with E-state index in [0.717, 1.165) is 16.2 Å². The molecule has 0 heterocycles.